The third-order valence-corrected chi connectivity index (χ3v) is 4.64. The lowest BCUT2D eigenvalue weighted by Crippen LogP contribution is -2.37. The predicted octanol–water partition coefficient (Wildman–Crippen LogP) is 4.04. The standard InChI is InChI=1S/C25H22N2O5/c1-16-8-13-21(17(2)14-16)26-25(31)27-22(28)15-32-24(30)20-11-9-19(10-12-20)23(29)18-6-4-3-5-7-18/h3-14H,15H2,1-2H3,(H2,26,27,28,31). The molecule has 0 saturated carbocycles. The van der Waals surface area contributed by atoms with Gasteiger partial charge < -0.3 is 10.1 Å². The molecule has 3 aromatic rings. The van der Waals surface area contributed by atoms with Crippen molar-refractivity contribution < 1.29 is 23.9 Å². The van der Waals surface area contributed by atoms with Crippen molar-refractivity contribution >= 4 is 29.4 Å². The molecular formula is C25H22N2O5. The Hall–Kier alpha value is -4.26. The first-order valence-corrected chi connectivity index (χ1v) is 9.88. The second-order valence-electron chi connectivity index (χ2n) is 7.17. The zero-order valence-corrected chi connectivity index (χ0v) is 17.7. The van der Waals surface area contributed by atoms with Crippen molar-refractivity contribution in [2.75, 3.05) is 11.9 Å². The summed E-state index contributed by atoms with van der Waals surface area (Å²) in [4.78, 5) is 48.5. The Morgan fingerprint density at radius 2 is 1.41 bits per heavy atom. The van der Waals surface area contributed by atoms with E-state index in [1.54, 1.807) is 30.3 Å². The monoisotopic (exact) mass is 430 g/mol. The maximum atomic E-state index is 12.4. The van der Waals surface area contributed by atoms with Gasteiger partial charge in [0, 0.05) is 16.8 Å². The van der Waals surface area contributed by atoms with Gasteiger partial charge in [-0.25, -0.2) is 9.59 Å². The highest BCUT2D eigenvalue weighted by atomic mass is 16.5. The number of imide groups is 1. The number of anilines is 1. The van der Waals surface area contributed by atoms with Crippen LogP contribution in [0.4, 0.5) is 10.5 Å². The summed E-state index contributed by atoms with van der Waals surface area (Å²) in [6.07, 6.45) is 0. The largest absolute Gasteiger partial charge is 0.452 e. The quantitative estimate of drug-likeness (QED) is 0.454. The van der Waals surface area contributed by atoms with Gasteiger partial charge in [0.2, 0.25) is 0 Å². The van der Waals surface area contributed by atoms with Crippen LogP contribution in [-0.4, -0.2) is 30.3 Å². The molecule has 0 atom stereocenters. The predicted molar refractivity (Wildman–Crippen MR) is 120 cm³/mol. The van der Waals surface area contributed by atoms with Crippen molar-refractivity contribution in [1.82, 2.24) is 5.32 Å². The maximum absolute atomic E-state index is 12.4. The fraction of sp³-hybridized carbons (Fsp3) is 0.120. The normalized spacial score (nSPS) is 10.2. The number of ether oxygens (including phenoxy) is 1. The van der Waals surface area contributed by atoms with Crippen molar-refractivity contribution in [2.24, 2.45) is 0 Å². The lowest BCUT2D eigenvalue weighted by Gasteiger charge is -2.10. The van der Waals surface area contributed by atoms with E-state index in [9.17, 15) is 19.2 Å². The minimum atomic E-state index is -0.767. The van der Waals surface area contributed by atoms with Gasteiger partial charge in [-0.15, -0.1) is 0 Å². The number of urea groups is 1. The van der Waals surface area contributed by atoms with E-state index < -0.39 is 24.5 Å². The van der Waals surface area contributed by atoms with Gasteiger partial charge in [0.05, 0.1) is 5.56 Å². The number of carbonyl (C=O) groups is 4. The Labute approximate surface area is 185 Å². The van der Waals surface area contributed by atoms with E-state index in [1.807, 2.05) is 32.0 Å². The fourth-order valence-corrected chi connectivity index (χ4v) is 3.00. The first kappa shape index (κ1) is 22.4. The molecule has 0 aliphatic carbocycles. The molecule has 2 N–H and O–H groups in total. The highest BCUT2D eigenvalue weighted by Gasteiger charge is 2.14. The maximum Gasteiger partial charge on any atom is 0.338 e. The Morgan fingerprint density at radius 1 is 0.781 bits per heavy atom. The van der Waals surface area contributed by atoms with Gasteiger partial charge in [0.15, 0.2) is 12.4 Å². The van der Waals surface area contributed by atoms with Crippen LogP contribution in [0.1, 0.15) is 37.4 Å². The Kier molecular flexibility index (Phi) is 7.13. The number of aryl methyl sites for hydroxylation is 2. The topological polar surface area (TPSA) is 102 Å². The minimum Gasteiger partial charge on any atom is -0.452 e. The Morgan fingerprint density at radius 3 is 2.06 bits per heavy atom. The van der Waals surface area contributed by atoms with E-state index in [4.69, 9.17) is 4.74 Å². The zero-order chi connectivity index (χ0) is 23.1. The number of amides is 3. The number of esters is 1. The van der Waals surface area contributed by atoms with Gasteiger partial charge in [-0.3, -0.25) is 14.9 Å². The highest BCUT2D eigenvalue weighted by molar-refractivity contribution is 6.09. The molecule has 0 spiro atoms. The lowest BCUT2D eigenvalue weighted by atomic mass is 10.0. The molecule has 0 bridgehead atoms. The van der Waals surface area contributed by atoms with Crippen LogP contribution in [-0.2, 0) is 9.53 Å². The van der Waals surface area contributed by atoms with E-state index in [0.717, 1.165) is 11.1 Å². The number of rotatable bonds is 6. The van der Waals surface area contributed by atoms with Crippen LogP contribution in [0.2, 0.25) is 0 Å². The molecular weight excluding hydrogens is 408 g/mol. The van der Waals surface area contributed by atoms with Gasteiger partial charge >= 0.3 is 12.0 Å². The lowest BCUT2D eigenvalue weighted by molar-refractivity contribution is -0.123. The summed E-state index contributed by atoms with van der Waals surface area (Å²) in [6.45, 7) is 3.15. The Balaban J connectivity index is 1.50. The van der Waals surface area contributed by atoms with Crippen LogP contribution < -0.4 is 10.6 Å². The summed E-state index contributed by atoms with van der Waals surface area (Å²) in [7, 11) is 0. The van der Waals surface area contributed by atoms with Crippen molar-refractivity contribution in [3.8, 4) is 0 Å². The number of hydrogen-bond acceptors (Lipinski definition) is 5. The van der Waals surface area contributed by atoms with Crippen molar-refractivity contribution in [1.29, 1.82) is 0 Å². The summed E-state index contributed by atoms with van der Waals surface area (Å²) in [5, 5.41) is 4.68. The van der Waals surface area contributed by atoms with Gasteiger partial charge in [-0.2, -0.15) is 0 Å². The summed E-state index contributed by atoms with van der Waals surface area (Å²) in [5.41, 5.74) is 3.62. The molecule has 3 aromatic carbocycles. The smallest absolute Gasteiger partial charge is 0.338 e. The Bertz CT molecular complexity index is 1150. The van der Waals surface area contributed by atoms with Crippen molar-refractivity contribution in [3.63, 3.8) is 0 Å². The minimum absolute atomic E-state index is 0.167. The molecule has 32 heavy (non-hydrogen) atoms. The summed E-state index contributed by atoms with van der Waals surface area (Å²) in [5.74, 6) is -1.68. The molecule has 0 radical (unpaired) electrons. The molecule has 7 heteroatoms. The summed E-state index contributed by atoms with van der Waals surface area (Å²) >= 11 is 0. The van der Waals surface area contributed by atoms with E-state index in [-0.39, 0.29) is 11.3 Å². The molecule has 162 valence electrons. The van der Waals surface area contributed by atoms with Gasteiger partial charge in [0.1, 0.15) is 0 Å². The van der Waals surface area contributed by atoms with Gasteiger partial charge in [-0.05, 0) is 37.6 Å². The molecule has 0 aromatic heterocycles. The molecule has 0 aliphatic heterocycles. The van der Waals surface area contributed by atoms with Crippen LogP contribution in [0.5, 0.6) is 0 Å². The van der Waals surface area contributed by atoms with E-state index in [0.29, 0.717) is 16.8 Å². The van der Waals surface area contributed by atoms with Crippen LogP contribution in [0.3, 0.4) is 0 Å². The third kappa shape index (κ3) is 5.89. The number of benzene rings is 3. The van der Waals surface area contributed by atoms with Crippen molar-refractivity contribution in [2.45, 2.75) is 13.8 Å². The first-order valence-electron chi connectivity index (χ1n) is 9.88. The van der Waals surface area contributed by atoms with E-state index in [1.165, 1.54) is 24.3 Å². The van der Waals surface area contributed by atoms with E-state index >= 15 is 0 Å². The van der Waals surface area contributed by atoms with Crippen molar-refractivity contribution in [3.05, 3.63) is 101 Å². The second kappa shape index (κ2) is 10.2. The molecule has 3 amide bonds. The molecule has 0 aliphatic rings. The molecule has 3 rings (SSSR count). The molecule has 0 unspecified atom stereocenters. The highest BCUT2D eigenvalue weighted by Crippen LogP contribution is 2.16. The van der Waals surface area contributed by atoms with Gasteiger partial charge in [0.25, 0.3) is 5.91 Å². The average molecular weight is 430 g/mol. The number of hydrogen-bond donors (Lipinski definition) is 2. The molecule has 0 saturated heterocycles. The summed E-state index contributed by atoms with van der Waals surface area (Å²) < 4.78 is 4.95. The van der Waals surface area contributed by atoms with Crippen LogP contribution in [0.25, 0.3) is 0 Å². The zero-order valence-electron chi connectivity index (χ0n) is 17.7. The first-order chi connectivity index (χ1) is 15.3. The van der Waals surface area contributed by atoms with Crippen LogP contribution >= 0.6 is 0 Å². The molecule has 0 heterocycles. The van der Waals surface area contributed by atoms with Gasteiger partial charge in [-0.1, -0.05) is 60.2 Å². The fourth-order valence-electron chi connectivity index (χ4n) is 3.00. The number of carbonyl (C=O) groups excluding carboxylic acids is 4. The molecule has 7 nitrogen and oxygen atoms in total. The van der Waals surface area contributed by atoms with Crippen LogP contribution in [0, 0.1) is 13.8 Å². The SMILES string of the molecule is Cc1ccc(NC(=O)NC(=O)COC(=O)c2ccc(C(=O)c3ccccc3)cc2)c(C)c1. The molecule has 0 fully saturated rings. The summed E-state index contributed by atoms with van der Waals surface area (Å²) in [6, 6.07) is 19.5. The average Bonchev–Trinajstić information content (AvgIpc) is 2.79. The number of nitrogens with one attached hydrogen (secondary N) is 2. The number of ketones is 1. The van der Waals surface area contributed by atoms with E-state index in [2.05, 4.69) is 10.6 Å². The second-order valence-corrected chi connectivity index (χ2v) is 7.17. The van der Waals surface area contributed by atoms with Crippen LogP contribution in [0.15, 0.2) is 72.8 Å². The third-order valence-electron chi connectivity index (χ3n) is 4.64.